The number of fused-ring (bicyclic) bond motifs is 1. The summed E-state index contributed by atoms with van der Waals surface area (Å²) in [5.41, 5.74) is 1.73. The van der Waals surface area contributed by atoms with E-state index in [1.807, 2.05) is 43.3 Å². The van der Waals surface area contributed by atoms with Gasteiger partial charge in [0.1, 0.15) is 5.75 Å². The molecule has 106 valence electrons. The third-order valence-corrected chi connectivity index (χ3v) is 3.45. The molecule has 0 atom stereocenters. The zero-order valence-corrected chi connectivity index (χ0v) is 11.7. The van der Waals surface area contributed by atoms with Crippen LogP contribution in [0.4, 0.5) is 0 Å². The fourth-order valence-electron chi connectivity index (χ4n) is 2.50. The van der Waals surface area contributed by atoms with E-state index in [4.69, 9.17) is 4.74 Å². The minimum atomic E-state index is -0.136. The van der Waals surface area contributed by atoms with Gasteiger partial charge in [0, 0.05) is 5.56 Å². The molecular formula is C18H16O3. The average molecular weight is 280 g/mol. The highest BCUT2D eigenvalue weighted by Gasteiger charge is 2.12. The van der Waals surface area contributed by atoms with Crippen molar-refractivity contribution in [2.75, 3.05) is 6.61 Å². The number of phenolic OH excluding ortho intramolecular Hbond substituents is 2. The van der Waals surface area contributed by atoms with Crippen LogP contribution in [0.1, 0.15) is 6.92 Å². The zero-order valence-electron chi connectivity index (χ0n) is 11.7. The van der Waals surface area contributed by atoms with Gasteiger partial charge in [-0.1, -0.05) is 36.4 Å². The van der Waals surface area contributed by atoms with Crippen molar-refractivity contribution in [1.29, 1.82) is 0 Å². The molecule has 0 aliphatic rings. The topological polar surface area (TPSA) is 49.7 Å². The van der Waals surface area contributed by atoms with Crippen molar-refractivity contribution >= 4 is 10.8 Å². The largest absolute Gasteiger partial charge is 0.504 e. The highest BCUT2D eigenvalue weighted by molar-refractivity contribution is 6.00. The van der Waals surface area contributed by atoms with Crippen LogP contribution in [0, 0.1) is 0 Å². The van der Waals surface area contributed by atoms with Crippen molar-refractivity contribution in [3.8, 4) is 28.4 Å². The van der Waals surface area contributed by atoms with Gasteiger partial charge in [0.25, 0.3) is 0 Å². The predicted octanol–water partition coefficient (Wildman–Crippen LogP) is 4.32. The van der Waals surface area contributed by atoms with Crippen LogP contribution < -0.4 is 4.74 Å². The lowest BCUT2D eigenvalue weighted by Crippen LogP contribution is -1.95. The van der Waals surface area contributed by atoms with Gasteiger partial charge in [-0.15, -0.1) is 0 Å². The lowest BCUT2D eigenvalue weighted by molar-refractivity contribution is 0.342. The molecule has 21 heavy (non-hydrogen) atoms. The van der Waals surface area contributed by atoms with Crippen LogP contribution in [-0.2, 0) is 0 Å². The molecule has 0 aliphatic heterocycles. The number of hydrogen-bond donors (Lipinski definition) is 2. The summed E-state index contributed by atoms with van der Waals surface area (Å²) in [4.78, 5) is 0. The van der Waals surface area contributed by atoms with E-state index < -0.39 is 0 Å². The molecule has 0 saturated heterocycles. The Hall–Kier alpha value is -2.68. The van der Waals surface area contributed by atoms with E-state index >= 15 is 0 Å². The molecule has 0 amide bonds. The summed E-state index contributed by atoms with van der Waals surface area (Å²) >= 11 is 0. The smallest absolute Gasteiger partial charge is 0.158 e. The highest BCUT2D eigenvalue weighted by atomic mass is 16.5. The summed E-state index contributed by atoms with van der Waals surface area (Å²) in [6.07, 6.45) is 0. The molecule has 0 aromatic heterocycles. The van der Waals surface area contributed by atoms with Crippen molar-refractivity contribution in [1.82, 2.24) is 0 Å². The van der Waals surface area contributed by atoms with Crippen molar-refractivity contribution in [2.24, 2.45) is 0 Å². The average Bonchev–Trinajstić information content (AvgIpc) is 2.50. The molecule has 2 N–H and O–H groups in total. The van der Waals surface area contributed by atoms with Crippen LogP contribution >= 0.6 is 0 Å². The lowest BCUT2D eigenvalue weighted by Gasteiger charge is -2.14. The quantitative estimate of drug-likeness (QED) is 0.703. The number of hydrogen-bond acceptors (Lipinski definition) is 3. The molecule has 3 heteroatoms. The molecular weight excluding hydrogens is 264 g/mol. The van der Waals surface area contributed by atoms with Crippen molar-refractivity contribution in [3.63, 3.8) is 0 Å². The molecule has 0 aliphatic carbocycles. The van der Waals surface area contributed by atoms with Crippen LogP contribution in [0.5, 0.6) is 17.2 Å². The van der Waals surface area contributed by atoms with Gasteiger partial charge < -0.3 is 14.9 Å². The second-order valence-electron chi connectivity index (χ2n) is 4.80. The van der Waals surface area contributed by atoms with Crippen LogP contribution in [0.15, 0.2) is 54.6 Å². The molecule has 0 unspecified atom stereocenters. The van der Waals surface area contributed by atoms with Gasteiger partial charge in [-0.3, -0.25) is 0 Å². The Morgan fingerprint density at radius 3 is 2.48 bits per heavy atom. The fraction of sp³-hybridized carbons (Fsp3) is 0.111. The van der Waals surface area contributed by atoms with Gasteiger partial charge in [-0.25, -0.2) is 0 Å². The maximum Gasteiger partial charge on any atom is 0.158 e. The molecule has 0 saturated carbocycles. The molecule has 0 bridgehead atoms. The number of benzene rings is 3. The summed E-state index contributed by atoms with van der Waals surface area (Å²) in [6.45, 7) is 2.50. The molecule has 0 spiro atoms. The van der Waals surface area contributed by atoms with Crippen molar-refractivity contribution in [3.05, 3.63) is 54.6 Å². The summed E-state index contributed by atoms with van der Waals surface area (Å²) < 4.78 is 5.73. The van der Waals surface area contributed by atoms with E-state index in [2.05, 4.69) is 0 Å². The summed E-state index contributed by atoms with van der Waals surface area (Å²) in [6, 6.07) is 16.8. The first-order valence-electron chi connectivity index (χ1n) is 6.87. The van der Waals surface area contributed by atoms with Crippen molar-refractivity contribution in [2.45, 2.75) is 6.92 Å². The second kappa shape index (κ2) is 5.37. The molecule has 0 radical (unpaired) electrons. The monoisotopic (exact) mass is 280 g/mol. The normalized spacial score (nSPS) is 10.7. The third-order valence-electron chi connectivity index (χ3n) is 3.45. The van der Waals surface area contributed by atoms with Crippen LogP contribution in [0.25, 0.3) is 21.9 Å². The summed E-state index contributed by atoms with van der Waals surface area (Å²) in [5.74, 6) is 0.501. The van der Waals surface area contributed by atoms with E-state index in [9.17, 15) is 10.2 Å². The lowest BCUT2D eigenvalue weighted by atomic mass is 9.97. The summed E-state index contributed by atoms with van der Waals surface area (Å²) in [7, 11) is 0. The summed E-state index contributed by atoms with van der Waals surface area (Å²) in [5, 5.41) is 21.4. The molecule has 3 aromatic carbocycles. The first-order valence-corrected chi connectivity index (χ1v) is 6.87. The van der Waals surface area contributed by atoms with Crippen LogP contribution in [-0.4, -0.2) is 16.8 Å². The molecule has 3 aromatic rings. The van der Waals surface area contributed by atoms with Gasteiger partial charge in [0.2, 0.25) is 0 Å². The van der Waals surface area contributed by atoms with Gasteiger partial charge in [0.05, 0.1) is 6.61 Å². The standard InChI is InChI=1S/C18H16O3/c1-2-21-17-10-8-12-5-3-4-6-14(12)18(17)13-7-9-15(19)16(20)11-13/h3-11,19-20H,2H2,1H3. The molecule has 3 rings (SSSR count). The molecule has 0 heterocycles. The van der Waals surface area contributed by atoms with Crippen LogP contribution in [0.2, 0.25) is 0 Å². The van der Waals surface area contributed by atoms with Crippen LogP contribution in [0.3, 0.4) is 0 Å². The van der Waals surface area contributed by atoms with Gasteiger partial charge in [-0.2, -0.15) is 0 Å². The number of ether oxygens (including phenoxy) is 1. The predicted molar refractivity (Wildman–Crippen MR) is 83.9 cm³/mol. The van der Waals surface area contributed by atoms with Crippen molar-refractivity contribution < 1.29 is 14.9 Å². The Bertz CT molecular complexity index is 794. The highest BCUT2D eigenvalue weighted by Crippen LogP contribution is 2.40. The minimum absolute atomic E-state index is 0.128. The Morgan fingerprint density at radius 2 is 1.71 bits per heavy atom. The fourth-order valence-corrected chi connectivity index (χ4v) is 2.50. The first-order chi connectivity index (χ1) is 10.2. The van der Waals surface area contributed by atoms with E-state index in [0.29, 0.717) is 6.61 Å². The van der Waals surface area contributed by atoms with Gasteiger partial charge in [0.15, 0.2) is 11.5 Å². The SMILES string of the molecule is CCOc1ccc2ccccc2c1-c1ccc(O)c(O)c1. The van der Waals surface area contributed by atoms with E-state index in [0.717, 1.165) is 27.6 Å². The Balaban J connectivity index is 2.31. The molecule has 3 nitrogen and oxygen atoms in total. The third kappa shape index (κ3) is 2.38. The maximum atomic E-state index is 9.76. The first kappa shape index (κ1) is 13.3. The minimum Gasteiger partial charge on any atom is -0.504 e. The zero-order chi connectivity index (χ0) is 14.8. The maximum absolute atomic E-state index is 9.76. The second-order valence-corrected chi connectivity index (χ2v) is 4.80. The number of aromatic hydroxyl groups is 2. The number of phenols is 2. The van der Waals surface area contributed by atoms with E-state index in [1.165, 1.54) is 6.07 Å². The Labute approximate surface area is 123 Å². The van der Waals surface area contributed by atoms with E-state index in [1.54, 1.807) is 12.1 Å². The van der Waals surface area contributed by atoms with E-state index in [-0.39, 0.29) is 11.5 Å². The molecule has 0 fully saturated rings. The Kier molecular flexibility index (Phi) is 3.40. The van der Waals surface area contributed by atoms with Gasteiger partial charge in [-0.05, 0) is 41.5 Å². The Morgan fingerprint density at radius 1 is 0.905 bits per heavy atom. The number of rotatable bonds is 3. The van der Waals surface area contributed by atoms with Gasteiger partial charge >= 0.3 is 0 Å².